The zero-order valence-electron chi connectivity index (χ0n) is 6.81. The predicted molar refractivity (Wildman–Crippen MR) is 42.9 cm³/mol. The summed E-state index contributed by atoms with van der Waals surface area (Å²) in [6, 6.07) is 0. The minimum Gasteiger partial charge on any atom is -0.155 e. The van der Waals surface area contributed by atoms with Gasteiger partial charge in [-0.05, 0) is 25.8 Å². The molecule has 0 saturated heterocycles. The van der Waals surface area contributed by atoms with Gasteiger partial charge in [-0.25, -0.2) is 0 Å². The van der Waals surface area contributed by atoms with E-state index >= 15 is 0 Å². The second-order valence-electron chi connectivity index (χ2n) is 2.60. The lowest BCUT2D eigenvalue weighted by atomic mass is 10.1. The largest absolute Gasteiger partial charge is 0.155 e. The highest BCUT2D eigenvalue weighted by molar-refractivity contribution is 6.00. The number of rotatable bonds is 2. The SMILES string of the molecule is CCCC1=C(C)[N]N=C1C. The zero-order valence-corrected chi connectivity index (χ0v) is 6.81. The lowest BCUT2D eigenvalue weighted by Crippen LogP contribution is -1.93. The first-order valence-corrected chi connectivity index (χ1v) is 3.71. The summed E-state index contributed by atoms with van der Waals surface area (Å²) in [7, 11) is 0. The first kappa shape index (κ1) is 7.32. The molecule has 0 saturated carbocycles. The average molecular weight is 137 g/mol. The molecule has 0 bridgehead atoms. The standard InChI is InChI=1S/C8H13N2/c1-4-5-8-6(2)9-10-7(8)3/h4-5H2,1-3H3. The van der Waals surface area contributed by atoms with E-state index in [2.05, 4.69) is 17.5 Å². The van der Waals surface area contributed by atoms with E-state index in [0.29, 0.717) is 0 Å². The quantitative estimate of drug-likeness (QED) is 0.557. The fraction of sp³-hybridized carbons (Fsp3) is 0.625. The molecule has 0 aromatic rings. The van der Waals surface area contributed by atoms with E-state index < -0.39 is 0 Å². The van der Waals surface area contributed by atoms with Gasteiger partial charge in [-0.1, -0.05) is 13.3 Å². The van der Waals surface area contributed by atoms with Crippen molar-refractivity contribution in [3.8, 4) is 0 Å². The van der Waals surface area contributed by atoms with Crippen LogP contribution in [0.15, 0.2) is 16.4 Å². The molecule has 0 unspecified atom stereocenters. The van der Waals surface area contributed by atoms with Crippen LogP contribution in [0.2, 0.25) is 0 Å². The van der Waals surface area contributed by atoms with Crippen molar-refractivity contribution in [2.75, 3.05) is 0 Å². The van der Waals surface area contributed by atoms with E-state index in [0.717, 1.165) is 17.8 Å². The molecule has 0 aliphatic carbocycles. The Labute approximate surface area is 62.0 Å². The van der Waals surface area contributed by atoms with Gasteiger partial charge in [0.1, 0.15) is 0 Å². The molecule has 55 valence electrons. The Bertz CT molecular complexity index is 189. The van der Waals surface area contributed by atoms with Crippen molar-refractivity contribution in [1.82, 2.24) is 5.43 Å². The lowest BCUT2D eigenvalue weighted by molar-refractivity contribution is 0.867. The Morgan fingerprint density at radius 2 is 2.00 bits per heavy atom. The highest BCUT2D eigenvalue weighted by Gasteiger charge is 2.12. The third-order valence-corrected chi connectivity index (χ3v) is 1.72. The first-order valence-electron chi connectivity index (χ1n) is 3.71. The minimum atomic E-state index is 1.10. The van der Waals surface area contributed by atoms with Crippen molar-refractivity contribution in [3.63, 3.8) is 0 Å². The van der Waals surface area contributed by atoms with Gasteiger partial charge < -0.3 is 0 Å². The highest BCUT2D eigenvalue weighted by atomic mass is 15.3. The van der Waals surface area contributed by atoms with Gasteiger partial charge in [0.15, 0.2) is 0 Å². The third kappa shape index (κ3) is 1.20. The van der Waals surface area contributed by atoms with Gasteiger partial charge in [-0.15, -0.1) is 0 Å². The van der Waals surface area contributed by atoms with Crippen molar-refractivity contribution in [2.45, 2.75) is 33.6 Å². The van der Waals surface area contributed by atoms with Crippen LogP contribution in [0.3, 0.4) is 0 Å². The van der Waals surface area contributed by atoms with Crippen LogP contribution < -0.4 is 5.43 Å². The van der Waals surface area contributed by atoms with Gasteiger partial charge in [0.25, 0.3) is 0 Å². The molecule has 0 atom stereocenters. The van der Waals surface area contributed by atoms with Crippen molar-refractivity contribution in [1.29, 1.82) is 0 Å². The van der Waals surface area contributed by atoms with Crippen LogP contribution in [0.5, 0.6) is 0 Å². The smallest absolute Gasteiger partial charge is 0.0650 e. The van der Waals surface area contributed by atoms with Crippen LogP contribution >= 0.6 is 0 Å². The van der Waals surface area contributed by atoms with E-state index in [1.807, 2.05) is 13.8 Å². The molecule has 1 aliphatic heterocycles. The Hall–Kier alpha value is -0.790. The first-order chi connectivity index (χ1) is 4.75. The van der Waals surface area contributed by atoms with Gasteiger partial charge >= 0.3 is 0 Å². The van der Waals surface area contributed by atoms with E-state index in [9.17, 15) is 0 Å². The topological polar surface area (TPSA) is 26.5 Å². The summed E-state index contributed by atoms with van der Waals surface area (Å²) in [5, 5.41) is 3.98. The molecular weight excluding hydrogens is 124 g/mol. The average Bonchev–Trinajstić information content (AvgIpc) is 2.20. The molecule has 1 radical (unpaired) electrons. The fourth-order valence-electron chi connectivity index (χ4n) is 1.14. The minimum absolute atomic E-state index is 1.10. The molecule has 0 spiro atoms. The fourth-order valence-corrected chi connectivity index (χ4v) is 1.14. The summed E-state index contributed by atoms with van der Waals surface area (Å²) in [4.78, 5) is 0. The van der Waals surface area contributed by atoms with Crippen molar-refractivity contribution in [2.24, 2.45) is 5.10 Å². The lowest BCUT2D eigenvalue weighted by Gasteiger charge is -1.98. The van der Waals surface area contributed by atoms with E-state index in [4.69, 9.17) is 0 Å². The monoisotopic (exact) mass is 137 g/mol. The third-order valence-electron chi connectivity index (χ3n) is 1.72. The summed E-state index contributed by atoms with van der Waals surface area (Å²) in [5.41, 5.74) is 7.51. The summed E-state index contributed by atoms with van der Waals surface area (Å²) >= 11 is 0. The van der Waals surface area contributed by atoms with E-state index in [1.54, 1.807) is 0 Å². The Kier molecular flexibility index (Phi) is 2.10. The van der Waals surface area contributed by atoms with Crippen molar-refractivity contribution in [3.05, 3.63) is 11.3 Å². The second-order valence-corrected chi connectivity index (χ2v) is 2.60. The van der Waals surface area contributed by atoms with Gasteiger partial charge in [0.05, 0.1) is 11.4 Å². The maximum Gasteiger partial charge on any atom is 0.0650 e. The zero-order chi connectivity index (χ0) is 7.56. The number of allylic oxidation sites excluding steroid dienone is 2. The number of hydrogen-bond acceptors (Lipinski definition) is 1. The molecule has 2 heteroatoms. The Morgan fingerprint density at radius 3 is 2.40 bits per heavy atom. The van der Waals surface area contributed by atoms with Gasteiger partial charge in [0, 0.05) is 0 Å². The molecule has 10 heavy (non-hydrogen) atoms. The summed E-state index contributed by atoms with van der Waals surface area (Å²) in [6.45, 7) is 6.21. The molecule has 1 rings (SSSR count). The normalized spacial score (nSPS) is 17.3. The molecule has 0 fully saturated rings. The molecular formula is C8H13N2. The molecule has 2 nitrogen and oxygen atoms in total. The molecule has 0 aromatic carbocycles. The van der Waals surface area contributed by atoms with Crippen molar-refractivity contribution < 1.29 is 0 Å². The number of nitrogens with zero attached hydrogens (tertiary/aromatic N) is 2. The van der Waals surface area contributed by atoms with Crippen molar-refractivity contribution >= 4 is 5.71 Å². The van der Waals surface area contributed by atoms with Gasteiger partial charge in [-0.3, -0.25) is 0 Å². The highest BCUT2D eigenvalue weighted by Crippen LogP contribution is 2.16. The van der Waals surface area contributed by atoms with E-state index in [1.165, 1.54) is 12.0 Å². The summed E-state index contributed by atoms with van der Waals surface area (Å²) < 4.78 is 0. The molecule has 0 amide bonds. The molecule has 1 aliphatic rings. The van der Waals surface area contributed by atoms with E-state index in [-0.39, 0.29) is 0 Å². The van der Waals surface area contributed by atoms with Crippen LogP contribution in [0.1, 0.15) is 33.6 Å². The maximum absolute atomic E-state index is 3.98. The molecule has 0 N–H and O–H groups in total. The molecule has 0 aromatic heterocycles. The van der Waals surface area contributed by atoms with Crippen LogP contribution in [0.25, 0.3) is 0 Å². The molecule has 1 heterocycles. The Morgan fingerprint density at radius 1 is 1.30 bits per heavy atom. The van der Waals surface area contributed by atoms with Crippen LogP contribution in [0, 0.1) is 0 Å². The number of hydrogen-bond donors (Lipinski definition) is 0. The van der Waals surface area contributed by atoms with Crippen LogP contribution in [-0.2, 0) is 0 Å². The predicted octanol–water partition coefficient (Wildman–Crippen LogP) is 2.05. The summed E-state index contributed by atoms with van der Waals surface area (Å²) in [6.07, 6.45) is 2.29. The second kappa shape index (κ2) is 2.86. The maximum atomic E-state index is 3.98. The van der Waals surface area contributed by atoms with Crippen LogP contribution in [-0.4, -0.2) is 5.71 Å². The van der Waals surface area contributed by atoms with Gasteiger partial charge in [-0.2, -0.15) is 10.5 Å². The summed E-state index contributed by atoms with van der Waals surface area (Å²) in [5.74, 6) is 0. The van der Waals surface area contributed by atoms with Crippen LogP contribution in [0.4, 0.5) is 0 Å². The van der Waals surface area contributed by atoms with Gasteiger partial charge in [0.2, 0.25) is 0 Å². The Balaban J connectivity index is 2.69.